The van der Waals surface area contributed by atoms with Crippen LogP contribution < -0.4 is 5.46 Å². The van der Waals surface area contributed by atoms with Crippen molar-refractivity contribution in [1.82, 2.24) is 0 Å². The van der Waals surface area contributed by atoms with Crippen molar-refractivity contribution in [2.24, 2.45) is 0 Å². The van der Waals surface area contributed by atoms with Gasteiger partial charge in [-0.1, -0.05) is 41.9 Å². The fourth-order valence-electron chi connectivity index (χ4n) is 4.07. The maximum absolute atomic E-state index is 12.1. The van der Waals surface area contributed by atoms with Crippen molar-refractivity contribution in [3.8, 4) is 11.1 Å². The molecule has 0 spiro atoms. The molecule has 2 fully saturated rings. The number of benzene rings is 2. The fraction of sp³-hybridized carbons (Fsp3) is 0.458. The summed E-state index contributed by atoms with van der Waals surface area (Å²) >= 11 is 6.67. The molecule has 4 rings (SSSR count). The highest BCUT2D eigenvalue weighted by molar-refractivity contribution is 6.65. The molecule has 6 heteroatoms. The summed E-state index contributed by atoms with van der Waals surface area (Å²) in [4.78, 5) is 12.1. The Morgan fingerprint density at radius 2 is 1.60 bits per heavy atom. The average molecular weight is 427 g/mol. The predicted octanol–water partition coefficient (Wildman–Crippen LogP) is 4.82. The first-order valence-corrected chi connectivity index (χ1v) is 10.7. The van der Waals surface area contributed by atoms with Crippen molar-refractivity contribution in [1.29, 1.82) is 0 Å². The monoisotopic (exact) mass is 426 g/mol. The van der Waals surface area contributed by atoms with Crippen LogP contribution in [0.4, 0.5) is 0 Å². The lowest BCUT2D eigenvalue weighted by molar-refractivity contribution is -0.143. The van der Waals surface area contributed by atoms with Gasteiger partial charge in [0, 0.05) is 10.5 Å². The van der Waals surface area contributed by atoms with Crippen LogP contribution in [0.3, 0.4) is 0 Å². The SMILES string of the molecule is COC(=O)C1(c2ccc(-c3cc(Cl)c(B4OC(C)(C)C(C)(C)O4)cc3C)cc2)CC1. The second kappa shape index (κ2) is 7.11. The predicted molar refractivity (Wildman–Crippen MR) is 120 cm³/mol. The first-order chi connectivity index (χ1) is 14.0. The number of carbonyl (C=O) groups is 1. The van der Waals surface area contributed by atoms with Gasteiger partial charge in [-0.05, 0) is 75.8 Å². The zero-order chi connectivity index (χ0) is 21.9. The largest absolute Gasteiger partial charge is 0.496 e. The highest BCUT2D eigenvalue weighted by Gasteiger charge is 2.53. The van der Waals surface area contributed by atoms with Crippen molar-refractivity contribution < 1.29 is 18.8 Å². The highest BCUT2D eigenvalue weighted by atomic mass is 35.5. The van der Waals surface area contributed by atoms with Gasteiger partial charge in [0.1, 0.15) is 0 Å². The maximum Gasteiger partial charge on any atom is 0.496 e. The van der Waals surface area contributed by atoms with E-state index >= 15 is 0 Å². The van der Waals surface area contributed by atoms with E-state index in [4.69, 9.17) is 25.6 Å². The molecule has 2 aliphatic rings. The van der Waals surface area contributed by atoms with E-state index in [0.29, 0.717) is 5.02 Å². The van der Waals surface area contributed by atoms with Gasteiger partial charge in [0.25, 0.3) is 0 Å². The lowest BCUT2D eigenvalue weighted by atomic mass is 9.77. The van der Waals surface area contributed by atoms with Gasteiger partial charge in [-0.15, -0.1) is 0 Å². The molecule has 0 unspecified atom stereocenters. The molecule has 2 aromatic carbocycles. The molecule has 158 valence electrons. The molecule has 0 aromatic heterocycles. The van der Waals surface area contributed by atoms with E-state index < -0.39 is 23.7 Å². The van der Waals surface area contributed by atoms with Crippen molar-refractivity contribution >= 4 is 30.2 Å². The Morgan fingerprint density at radius 1 is 1.03 bits per heavy atom. The molecular weight excluding hydrogens is 399 g/mol. The van der Waals surface area contributed by atoms with Crippen molar-refractivity contribution in [3.63, 3.8) is 0 Å². The zero-order valence-corrected chi connectivity index (χ0v) is 19.2. The minimum atomic E-state index is -0.493. The van der Waals surface area contributed by atoms with Gasteiger partial charge in [-0.3, -0.25) is 4.79 Å². The van der Waals surface area contributed by atoms with Crippen LogP contribution in [0.25, 0.3) is 11.1 Å². The number of ether oxygens (including phenoxy) is 1. The lowest BCUT2D eigenvalue weighted by Crippen LogP contribution is -2.41. The zero-order valence-electron chi connectivity index (χ0n) is 18.5. The van der Waals surface area contributed by atoms with Crippen molar-refractivity contribution in [2.75, 3.05) is 7.11 Å². The lowest BCUT2D eigenvalue weighted by Gasteiger charge is -2.32. The van der Waals surface area contributed by atoms with E-state index in [1.54, 1.807) is 0 Å². The van der Waals surface area contributed by atoms with Crippen LogP contribution in [0.15, 0.2) is 36.4 Å². The summed E-state index contributed by atoms with van der Waals surface area (Å²) in [5.74, 6) is -0.152. The van der Waals surface area contributed by atoms with E-state index in [0.717, 1.165) is 40.6 Å². The number of esters is 1. The Hall–Kier alpha value is -1.82. The van der Waals surface area contributed by atoms with Crippen LogP contribution in [0.1, 0.15) is 51.7 Å². The van der Waals surface area contributed by atoms with Gasteiger partial charge in [0.05, 0.1) is 23.7 Å². The van der Waals surface area contributed by atoms with E-state index in [1.807, 2.05) is 64.1 Å². The summed E-state index contributed by atoms with van der Waals surface area (Å²) in [6.07, 6.45) is 1.68. The third-order valence-corrected chi connectivity index (χ3v) is 7.25. The molecule has 1 saturated carbocycles. The third-order valence-electron chi connectivity index (χ3n) is 6.93. The standard InChI is InChI=1S/C24H28BClO4/c1-15-13-19(25-29-22(2,3)23(4,5)30-25)20(26)14-18(15)16-7-9-17(10-8-16)24(11-12-24)21(27)28-6/h7-10,13-14H,11-12H2,1-6H3. The minimum Gasteiger partial charge on any atom is -0.468 e. The molecular formula is C24H28BClO4. The Balaban J connectivity index is 1.63. The second-order valence-corrected chi connectivity index (χ2v) is 9.84. The number of rotatable bonds is 4. The quantitative estimate of drug-likeness (QED) is 0.519. The molecule has 0 atom stereocenters. The first kappa shape index (κ1) is 21.4. The molecule has 1 aliphatic heterocycles. The van der Waals surface area contributed by atoms with Gasteiger partial charge in [-0.2, -0.15) is 0 Å². The minimum absolute atomic E-state index is 0.152. The van der Waals surface area contributed by atoms with Crippen LogP contribution in [0, 0.1) is 6.92 Å². The number of methoxy groups -OCH3 is 1. The fourth-order valence-corrected chi connectivity index (χ4v) is 4.32. The molecule has 2 aromatic rings. The van der Waals surface area contributed by atoms with Gasteiger partial charge >= 0.3 is 13.1 Å². The van der Waals surface area contributed by atoms with Gasteiger partial charge in [0.2, 0.25) is 0 Å². The molecule has 0 N–H and O–H groups in total. The van der Waals surface area contributed by atoms with Crippen LogP contribution in [0.5, 0.6) is 0 Å². The van der Waals surface area contributed by atoms with E-state index in [-0.39, 0.29) is 5.97 Å². The van der Waals surface area contributed by atoms with Gasteiger partial charge in [0.15, 0.2) is 0 Å². The van der Waals surface area contributed by atoms with E-state index in [9.17, 15) is 4.79 Å². The average Bonchev–Trinajstić information content (AvgIpc) is 3.46. The normalized spacial score (nSPS) is 20.8. The molecule has 1 aliphatic carbocycles. The highest BCUT2D eigenvalue weighted by Crippen LogP contribution is 2.49. The molecule has 0 amide bonds. The van der Waals surface area contributed by atoms with Crippen LogP contribution in [-0.4, -0.2) is 31.4 Å². The van der Waals surface area contributed by atoms with Crippen molar-refractivity contribution in [2.45, 2.75) is 64.1 Å². The molecule has 1 heterocycles. The third kappa shape index (κ3) is 3.37. The smallest absolute Gasteiger partial charge is 0.468 e. The number of halogens is 1. The Labute approximate surface area is 184 Å². The number of hydrogen-bond acceptors (Lipinski definition) is 4. The van der Waals surface area contributed by atoms with Crippen LogP contribution in [-0.2, 0) is 24.3 Å². The topological polar surface area (TPSA) is 44.8 Å². The second-order valence-electron chi connectivity index (χ2n) is 9.43. The first-order valence-electron chi connectivity index (χ1n) is 10.4. The Morgan fingerprint density at radius 3 is 2.10 bits per heavy atom. The van der Waals surface area contributed by atoms with Gasteiger partial charge in [-0.25, -0.2) is 0 Å². The summed E-state index contributed by atoms with van der Waals surface area (Å²) in [5.41, 5.74) is 3.76. The Kier molecular flexibility index (Phi) is 5.08. The molecule has 4 nitrogen and oxygen atoms in total. The molecule has 1 saturated heterocycles. The molecule has 0 radical (unpaired) electrons. The summed E-state index contributed by atoms with van der Waals surface area (Å²) in [6, 6.07) is 12.2. The van der Waals surface area contributed by atoms with Crippen LogP contribution >= 0.6 is 11.6 Å². The van der Waals surface area contributed by atoms with E-state index in [2.05, 4.69) is 6.92 Å². The molecule has 30 heavy (non-hydrogen) atoms. The van der Waals surface area contributed by atoms with E-state index in [1.165, 1.54) is 7.11 Å². The number of aryl methyl sites for hydroxylation is 1. The summed E-state index contributed by atoms with van der Waals surface area (Å²) in [5, 5.41) is 0.617. The maximum atomic E-state index is 12.1. The summed E-state index contributed by atoms with van der Waals surface area (Å²) in [7, 11) is 0.955. The molecule has 0 bridgehead atoms. The summed E-state index contributed by atoms with van der Waals surface area (Å²) < 4.78 is 17.3. The van der Waals surface area contributed by atoms with Crippen molar-refractivity contribution in [3.05, 3.63) is 52.5 Å². The number of carbonyl (C=O) groups excluding carboxylic acids is 1. The Bertz CT molecular complexity index is 977. The summed E-state index contributed by atoms with van der Waals surface area (Å²) in [6.45, 7) is 10.2. The van der Waals surface area contributed by atoms with Gasteiger partial charge < -0.3 is 14.0 Å². The number of hydrogen-bond donors (Lipinski definition) is 0. The van der Waals surface area contributed by atoms with Crippen LogP contribution in [0.2, 0.25) is 5.02 Å².